The van der Waals surface area contributed by atoms with E-state index in [0.717, 1.165) is 38.7 Å². The summed E-state index contributed by atoms with van der Waals surface area (Å²) < 4.78 is 34.6. The molecule has 4 heterocycles. The highest BCUT2D eigenvalue weighted by Gasteiger charge is 2.49. The number of pyridine rings is 1. The Morgan fingerprint density at radius 3 is 2.67 bits per heavy atom. The Labute approximate surface area is 231 Å². The van der Waals surface area contributed by atoms with Crippen LogP contribution in [-0.4, -0.2) is 62.5 Å². The lowest BCUT2D eigenvalue weighted by Crippen LogP contribution is -2.36. The zero-order chi connectivity index (χ0) is 27.2. The Morgan fingerprint density at radius 2 is 1.92 bits per heavy atom. The number of aromatic nitrogens is 2. The van der Waals surface area contributed by atoms with Gasteiger partial charge in [-0.2, -0.15) is 0 Å². The van der Waals surface area contributed by atoms with E-state index in [9.17, 15) is 13.2 Å². The molecule has 1 fully saturated rings. The van der Waals surface area contributed by atoms with Gasteiger partial charge in [0.05, 0.1) is 12.0 Å². The Bertz CT molecular complexity index is 1660. The van der Waals surface area contributed by atoms with Gasteiger partial charge < -0.3 is 14.5 Å². The van der Waals surface area contributed by atoms with Gasteiger partial charge in [-0.25, -0.2) is 23.1 Å². The summed E-state index contributed by atoms with van der Waals surface area (Å²) in [5.74, 6) is 0.549. The molecule has 9 nitrogen and oxygen atoms in total. The molecule has 2 aliphatic rings. The molecule has 1 N–H and O–H groups in total. The van der Waals surface area contributed by atoms with Crippen LogP contribution in [0.1, 0.15) is 24.5 Å². The van der Waals surface area contributed by atoms with Crippen molar-refractivity contribution in [3.8, 4) is 5.88 Å². The van der Waals surface area contributed by atoms with Crippen molar-refractivity contribution in [1.82, 2.24) is 19.6 Å². The Morgan fingerprint density at radius 1 is 1.10 bits per heavy atom. The van der Waals surface area contributed by atoms with Gasteiger partial charge in [-0.05, 0) is 48.2 Å². The molecule has 11 heteroatoms. The molecule has 1 atom stereocenters. The smallest absolute Gasteiger partial charge is 0.240 e. The van der Waals surface area contributed by atoms with E-state index in [1.807, 2.05) is 47.4 Å². The molecule has 0 saturated carbocycles. The molecule has 2 aromatic heterocycles. The maximum Gasteiger partial charge on any atom is 0.240 e. The second-order valence-electron chi connectivity index (χ2n) is 10.0. The molecule has 0 aliphatic carbocycles. The highest BCUT2D eigenvalue weighted by Crippen LogP contribution is 2.50. The summed E-state index contributed by atoms with van der Waals surface area (Å²) >= 11 is 1.47. The van der Waals surface area contributed by atoms with Crippen LogP contribution in [-0.2, 0) is 26.7 Å². The van der Waals surface area contributed by atoms with Crippen LogP contribution < -0.4 is 14.4 Å². The average Bonchev–Trinajstić information content (AvgIpc) is 3.64. The monoisotopic (exact) mass is 563 g/mol. The predicted octanol–water partition coefficient (Wildman–Crippen LogP) is 3.86. The van der Waals surface area contributed by atoms with E-state index in [4.69, 9.17) is 9.72 Å². The SMILES string of the molecule is COc1ccc2nc(N3CC4(CCN(C(C)=O)C4)c4cc(S(=O)(=O)NCCc5ccccc5)ccc43)sc2n1. The number of fused-ring (bicyclic) bond motifs is 3. The van der Waals surface area contributed by atoms with Gasteiger partial charge >= 0.3 is 0 Å². The van der Waals surface area contributed by atoms with Crippen molar-refractivity contribution >= 4 is 48.4 Å². The summed E-state index contributed by atoms with van der Waals surface area (Å²) in [5, 5.41) is 0.779. The van der Waals surface area contributed by atoms with Crippen molar-refractivity contribution in [3.05, 3.63) is 71.8 Å². The maximum absolute atomic E-state index is 13.3. The number of hydrogen-bond acceptors (Lipinski definition) is 8. The van der Waals surface area contributed by atoms with Gasteiger partial charge in [0.2, 0.25) is 21.8 Å². The number of amides is 1. The lowest BCUT2D eigenvalue weighted by Gasteiger charge is -2.25. The van der Waals surface area contributed by atoms with Crippen LogP contribution in [0.15, 0.2) is 65.6 Å². The van der Waals surface area contributed by atoms with Crippen molar-refractivity contribution < 1.29 is 17.9 Å². The number of likely N-dealkylation sites (tertiary alicyclic amines) is 1. The normalized spacial score (nSPS) is 18.7. The molecule has 39 heavy (non-hydrogen) atoms. The summed E-state index contributed by atoms with van der Waals surface area (Å²) in [4.78, 5) is 26.6. The topological polar surface area (TPSA) is 105 Å². The largest absolute Gasteiger partial charge is 0.481 e. The van der Waals surface area contributed by atoms with Crippen molar-refractivity contribution in [2.75, 3.05) is 38.2 Å². The number of carbonyl (C=O) groups excluding carboxylic acids is 1. The number of anilines is 2. The predicted molar refractivity (Wildman–Crippen MR) is 151 cm³/mol. The van der Waals surface area contributed by atoms with E-state index in [1.165, 1.54) is 11.3 Å². The molecule has 0 bridgehead atoms. The van der Waals surface area contributed by atoms with Crippen LogP contribution in [0.3, 0.4) is 0 Å². The minimum atomic E-state index is -3.72. The van der Waals surface area contributed by atoms with Crippen LogP contribution in [0.4, 0.5) is 10.8 Å². The lowest BCUT2D eigenvalue weighted by atomic mass is 9.81. The number of benzene rings is 2. The fourth-order valence-corrected chi connectivity index (χ4v) is 7.55. The standard InChI is InChI=1S/C28H29N5O4S2/c1-19(34)32-15-13-28(17-32)18-33(27-30-23-9-11-25(37-2)31-26(23)38-27)24-10-8-21(16-22(24)28)39(35,36)29-14-12-20-6-4-3-5-7-20/h3-11,16,29H,12-15,17-18H2,1-2H3. The first-order valence-corrected chi connectivity index (χ1v) is 15.1. The Balaban J connectivity index is 1.34. The molecule has 202 valence electrons. The second-order valence-corrected chi connectivity index (χ2v) is 12.8. The number of thiazole rings is 1. The third kappa shape index (κ3) is 4.75. The van der Waals surface area contributed by atoms with E-state index in [-0.39, 0.29) is 16.2 Å². The number of nitrogens with one attached hydrogen (secondary N) is 1. The first-order chi connectivity index (χ1) is 18.8. The third-order valence-corrected chi connectivity index (χ3v) is 10.1. The molecule has 1 amide bonds. The van der Waals surface area contributed by atoms with Gasteiger partial charge in [-0.3, -0.25) is 4.79 Å². The van der Waals surface area contributed by atoms with Crippen molar-refractivity contribution in [2.45, 2.75) is 30.1 Å². The molecular weight excluding hydrogens is 534 g/mol. The van der Waals surface area contributed by atoms with Crippen molar-refractivity contribution in [3.63, 3.8) is 0 Å². The van der Waals surface area contributed by atoms with E-state index >= 15 is 0 Å². The number of hydrogen-bond donors (Lipinski definition) is 1. The van der Waals surface area contributed by atoms with Crippen LogP contribution >= 0.6 is 11.3 Å². The summed E-state index contributed by atoms with van der Waals surface area (Å²) in [7, 11) is -2.14. The first-order valence-electron chi connectivity index (χ1n) is 12.8. The van der Waals surface area contributed by atoms with Gasteiger partial charge in [0.15, 0.2) is 5.13 Å². The number of rotatable bonds is 7. The number of sulfonamides is 1. The molecule has 2 aromatic carbocycles. The maximum atomic E-state index is 13.3. The molecule has 1 unspecified atom stereocenters. The molecule has 6 rings (SSSR count). The molecule has 2 aliphatic heterocycles. The summed E-state index contributed by atoms with van der Waals surface area (Å²) in [6.45, 7) is 3.66. The van der Waals surface area contributed by atoms with E-state index in [2.05, 4.69) is 14.6 Å². The molecular formula is C28H29N5O4S2. The average molecular weight is 564 g/mol. The summed E-state index contributed by atoms with van der Waals surface area (Å²) in [6.07, 6.45) is 1.35. The number of ether oxygens (including phenoxy) is 1. The Hall–Kier alpha value is -3.54. The highest BCUT2D eigenvalue weighted by atomic mass is 32.2. The van der Waals surface area contributed by atoms with Crippen LogP contribution in [0.2, 0.25) is 0 Å². The van der Waals surface area contributed by atoms with Crippen molar-refractivity contribution in [2.24, 2.45) is 0 Å². The third-order valence-electron chi connectivity index (χ3n) is 7.61. The Kier molecular flexibility index (Phi) is 6.52. The first kappa shape index (κ1) is 25.7. The number of carbonyl (C=O) groups is 1. The van der Waals surface area contributed by atoms with Crippen molar-refractivity contribution in [1.29, 1.82) is 0 Å². The molecule has 0 radical (unpaired) electrons. The van der Waals surface area contributed by atoms with Gasteiger partial charge in [0, 0.05) is 50.3 Å². The number of methoxy groups -OCH3 is 1. The van der Waals surface area contributed by atoms with Gasteiger partial charge in [0.25, 0.3) is 0 Å². The summed E-state index contributed by atoms with van der Waals surface area (Å²) in [5.41, 5.74) is 3.30. The fourth-order valence-electron chi connectivity index (χ4n) is 5.55. The molecule has 4 aromatic rings. The second kappa shape index (κ2) is 9.89. The fraction of sp³-hybridized carbons (Fsp3) is 0.321. The minimum Gasteiger partial charge on any atom is -0.481 e. The van der Waals surface area contributed by atoms with Crippen LogP contribution in [0, 0.1) is 0 Å². The van der Waals surface area contributed by atoms with Gasteiger partial charge in [0.1, 0.15) is 10.3 Å². The van der Waals surface area contributed by atoms with Crippen LogP contribution in [0.25, 0.3) is 10.3 Å². The van der Waals surface area contributed by atoms with E-state index in [0.29, 0.717) is 38.5 Å². The molecule has 1 spiro atoms. The number of nitrogens with zero attached hydrogens (tertiary/aromatic N) is 4. The van der Waals surface area contributed by atoms with Crippen LogP contribution in [0.5, 0.6) is 5.88 Å². The molecule has 1 saturated heterocycles. The quantitative estimate of drug-likeness (QED) is 0.364. The zero-order valence-corrected chi connectivity index (χ0v) is 23.4. The van der Waals surface area contributed by atoms with Gasteiger partial charge in [-0.15, -0.1) is 0 Å². The van der Waals surface area contributed by atoms with Gasteiger partial charge in [-0.1, -0.05) is 41.7 Å². The van der Waals surface area contributed by atoms with E-state index < -0.39 is 10.0 Å². The zero-order valence-electron chi connectivity index (χ0n) is 21.8. The lowest BCUT2D eigenvalue weighted by molar-refractivity contribution is -0.127. The minimum absolute atomic E-state index is 0.0227. The highest BCUT2D eigenvalue weighted by molar-refractivity contribution is 7.89. The van der Waals surface area contributed by atoms with E-state index in [1.54, 1.807) is 32.2 Å². The summed E-state index contributed by atoms with van der Waals surface area (Å²) in [6, 6.07) is 18.8.